The summed E-state index contributed by atoms with van der Waals surface area (Å²) in [6.07, 6.45) is 0. The summed E-state index contributed by atoms with van der Waals surface area (Å²) >= 11 is 11.8. The second-order valence-electron chi connectivity index (χ2n) is 3.58. The molecular weight excluding hydrogens is 283 g/mol. The lowest BCUT2D eigenvalue weighted by molar-refractivity contribution is 0.481. The molecule has 2 rings (SSSR count). The molecule has 0 aliphatic heterocycles. The van der Waals surface area contributed by atoms with Crippen LogP contribution >= 0.6 is 23.2 Å². The molecule has 5 heteroatoms. The van der Waals surface area contributed by atoms with Gasteiger partial charge in [0.15, 0.2) is 0 Å². The van der Waals surface area contributed by atoms with Crippen LogP contribution in [0.1, 0.15) is 11.1 Å². The molecule has 0 aliphatic carbocycles. The molecule has 0 aromatic heterocycles. The Labute approximate surface area is 120 Å². The minimum Gasteiger partial charge on any atom is -0.454 e. The van der Waals surface area contributed by atoms with Crippen LogP contribution in [0.5, 0.6) is 11.5 Å². The molecule has 0 spiro atoms. The van der Waals surface area contributed by atoms with E-state index < -0.39 is 0 Å². The second-order valence-corrected chi connectivity index (χ2v) is 4.42. The molecule has 0 saturated carbocycles. The molecular formula is C14H6Cl2N2O. The summed E-state index contributed by atoms with van der Waals surface area (Å²) in [7, 11) is 0. The number of hydrogen-bond donors (Lipinski definition) is 0. The van der Waals surface area contributed by atoms with E-state index in [0.717, 1.165) is 0 Å². The maximum Gasteiger partial charge on any atom is 0.146 e. The third-order valence-corrected chi connectivity index (χ3v) is 2.90. The Hall–Kier alpha value is -2.20. The number of rotatable bonds is 2. The molecule has 0 heterocycles. The lowest BCUT2D eigenvalue weighted by atomic mass is 10.1. The lowest BCUT2D eigenvalue weighted by Crippen LogP contribution is -1.92. The Morgan fingerprint density at radius 2 is 1.74 bits per heavy atom. The summed E-state index contributed by atoms with van der Waals surface area (Å²) in [6.45, 7) is 0. The highest BCUT2D eigenvalue weighted by Crippen LogP contribution is 2.33. The van der Waals surface area contributed by atoms with Crippen molar-refractivity contribution < 1.29 is 4.74 Å². The monoisotopic (exact) mass is 288 g/mol. The van der Waals surface area contributed by atoms with Gasteiger partial charge in [0.05, 0.1) is 10.6 Å². The number of halogens is 2. The summed E-state index contributed by atoms with van der Waals surface area (Å²) in [4.78, 5) is 0. The first-order valence-corrected chi connectivity index (χ1v) is 5.97. The van der Waals surface area contributed by atoms with Crippen molar-refractivity contribution in [3.8, 4) is 23.6 Å². The van der Waals surface area contributed by atoms with Gasteiger partial charge in [0.25, 0.3) is 0 Å². The van der Waals surface area contributed by atoms with E-state index in [1.54, 1.807) is 36.4 Å². The van der Waals surface area contributed by atoms with Crippen LogP contribution in [-0.2, 0) is 0 Å². The maximum absolute atomic E-state index is 9.09. The van der Waals surface area contributed by atoms with E-state index in [2.05, 4.69) is 0 Å². The fraction of sp³-hybridized carbons (Fsp3) is 0. The third kappa shape index (κ3) is 2.80. The number of nitrogens with zero attached hydrogens (tertiary/aromatic N) is 2. The van der Waals surface area contributed by atoms with Gasteiger partial charge < -0.3 is 4.74 Å². The summed E-state index contributed by atoms with van der Waals surface area (Å²) in [5, 5.41) is 18.8. The van der Waals surface area contributed by atoms with Crippen LogP contribution in [0.15, 0.2) is 36.4 Å². The van der Waals surface area contributed by atoms with Crippen molar-refractivity contribution in [3.05, 3.63) is 57.6 Å². The SMILES string of the molecule is N#Cc1cccc(Oc2ccc(Cl)cc2Cl)c1C#N. The van der Waals surface area contributed by atoms with Gasteiger partial charge in [0, 0.05) is 5.02 Å². The fourth-order valence-corrected chi connectivity index (χ4v) is 1.95. The summed E-state index contributed by atoms with van der Waals surface area (Å²) in [5.74, 6) is 0.656. The molecule has 0 radical (unpaired) electrons. The van der Waals surface area contributed by atoms with E-state index in [1.165, 1.54) is 0 Å². The van der Waals surface area contributed by atoms with E-state index in [0.29, 0.717) is 15.8 Å². The number of nitriles is 2. The largest absolute Gasteiger partial charge is 0.454 e. The van der Waals surface area contributed by atoms with Crippen molar-refractivity contribution in [2.45, 2.75) is 0 Å². The summed E-state index contributed by atoms with van der Waals surface area (Å²) in [6, 6.07) is 13.4. The molecule has 92 valence electrons. The van der Waals surface area contributed by atoms with E-state index in [4.69, 9.17) is 38.5 Å². The summed E-state index contributed by atoms with van der Waals surface area (Å²) < 4.78 is 5.56. The van der Waals surface area contributed by atoms with Gasteiger partial charge in [-0.3, -0.25) is 0 Å². The molecule has 2 aromatic rings. The Balaban J connectivity index is 2.45. The fourth-order valence-electron chi connectivity index (χ4n) is 1.50. The first-order chi connectivity index (χ1) is 9.15. The predicted octanol–water partition coefficient (Wildman–Crippen LogP) is 4.53. The minimum atomic E-state index is 0.177. The van der Waals surface area contributed by atoms with Gasteiger partial charge in [-0.25, -0.2) is 0 Å². The Morgan fingerprint density at radius 3 is 2.37 bits per heavy atom. The quantitative estimate of drug-likeness (QED) is 0.816. The highest BCUT2D eigenvalue weighted by molar-refractivity contribution is 6.35. The van der Waals surface area contributed by atoms with Gasteiger partial charge in [-0.2, -0.15) is 10.5 Å². The van der Waals surface area contributed by atoms with Crippen molar-refractivity contribution in [1.29, 1.82) is 10.5 Å². The van der Waals surface area contributed by atoms with Gasteiger partial charge in [0.1, 0.15) is 29.2 Å². The molecule has 19 heavy (non-hydrogen) atoms. The molecule has 0 unspecified atom stereocenters. The first-order valence-electron chi connectivity index (χ1n) is 5.22. The maximum atomic E-state index is 9.09. The van der Waals surface area contributed by atoms with Gasteiger partial charge in [-0.15, -0.1) is 0 Å². The van der Waals surface area contributed by atoms with E-state index in [9.17, 15) is 0 Å². The molecule has 0 saturated heterocycles. The van der Waals surface area contributed by atoms with Crippen LogP contribution in [0.4, 0.5) is 0 Å². The molecule has 2 aromatic carbocycles. The minimum absolute atomic E-state index is 0.177. The zero-order valence-corrected chi connectivity index (χ0v) is 11.0. The average Bonchev–Trinajstić information content (AvgIpc) is 2.41. The highest BCUT2D eigenvalue weighted by atomic mass is 35.5. The van der Waals surface area contributed by atoms with E-state index >= 15 is 0 Å². The van der Waals surface area contributed by atoms with Gasteiger partial charge >= 0.3 is 0 Å². The molecule has 0 bridgehead atoms. The molecule has 0 N–H and O–H groups in total. The predicted molar refractivity (Wildman–Crippen MR) is 72.4 cm³/mol. The van der Waals surface area contributed by atoms with Crippen LogP contribution in [0.2, 0.25) is 10.0 Å². The lowest BCUT2D eigenvalue weighted by Gasteiger charge is -2.09. The Kier molecular flexibility index (Phi) is 3.92. The van der Waals surface area contributed by atoms with Crippen molar-refractivity contribution >= 4 is 23.2 Å². The normalized spacial score (nSPS) is 9.47. The van der Waals surface area contributed by atoms with Gasteiger partial charge in [-0.05, 0) is 30.3 Å². The van der Waals surface area contributed by atoms with Crippen molar-refractivity contribution in [2.24, 2.45) is 0 Å². The Bertz CT molecular complexity index is 714. The van der Waals surface area contributed by atoms with E-state index in [-0.39, 0.29) is 16.9 Å². The first kappa shape index (κ1) is 13.2. The van der Waals surface area contributed by atoms with Crippen molar-refractivity contribution in [1.82, 2.24) is 0 Å². The highest BCUT2D eigenvalue weighted by Gasteiger charge is 2.11. The smallest absolute Gasteiger partial charge is 0.146 e. The molecule has 0 aliphatic rings. The van der Waals surface area contributed by atoms with Crippen molar-refractivity contribution in [3.63, 3.8) is 0 Å². The van der Waals surface area contributed by atoms with Crippen LogP contribution in [0.25, 0.3) is 0 Å². The van der Waals surface area contributed by atoms with Crippen LogP contribution in [0, 0.1) is 22.7 Å². The van der Waals surface area contributed by atoms with Gasteiger partial charge in [-0.1, -0.05) is 29.3 Å². The topological polar surface area (TPSA) is 56.8 Å². The van der Waals surface area contributed by atoms with Crippen molar-refractivity contribution in [2.75, 3.05) is 0 Å². The Morgan fingerprint density at radius 1 is 0.947 bits per heavy atom. The number of benzene rings is 2. The molecule has 0 fully saturated rings. The third-order valence-electron chi connectivity index (χ3n) is 2.37. The molecule has 0 atom stereocenters. The van der Waals surface area contributed by atoms with Gasteiger partial charge in [0.2, 0.25) is 0 Å². The van der Waals surface area contributed by atoms with Crippen LogP contribution in [-0.4, -0.2) is 0 Å². The van der Waals surface area contributed by atoms with Crippen LogP contribution in [0.3, 0.4) is 0 Å². The molecule has 3 nitrogen and oxygen atoms in total. The molecule has 0 amide bonds. The number of ether oxygens (including phenoxy) is 1. The second kappa shape index (κ2) is 5.63. The standard InChI is InChI=1S/C14H6Cl2N2O/c15-10-4-5-14(12(16)6-10)19-13-3-1-2-9(7-17)11(13)8-18/h1-6H. The number of hydrogen-bond acceptors (Lipinski definition) is 3. The summed E-state index contributed by atoms with van der Waals surface area (Å²) in [5.41, 5.74) is 0.432. The van der Waals surface area contributed by atoms with Crippen LogP contribution < -0.4 is 4.74 Å². The average molecular weight is 289 g/mol. The zero-order chi connectivity index (χ0) is 13.8. The van der Waals surface area contributed by atoms with E-state index in [1.807, 2.05) is 12.1 Å². The zero-order valence-electron chi connectivity index (χ0n) is 9.52.